The molecule has 3 nitrogen and oxygen atoms in total. The predicted octanol–water partition coefficient (Wildman–Crippen LogP) is 2.31. The van der Waals surface area contributed by atoms with Crippen LogP contribution in [0.4, 0.5) is 0 Å². The minimum absolute atomic E-state index is 0.443. The lowest BCUT2D eigenvalue weighted by Crippen LogP contribution is -2.12. The van der Waals surface area contributed by atoms with Crippen LogP contribution in [0.25, 0.3) is 0 Å². The molecule has 14 heavy (non-hydrogen) atoms. The van der Waals surface area contributed by atoms with Gasteiger partial charge in [0.1, 0.15) is 0 Å². The van der Waals surface area contributed by atoms with E-state index >= 15 is 0 Å². The number of nitrogens with one attached hydrogen (secondary N) is 1. The maximum Gasteiger partial charge on any atom is 0.0537 e. The van der Waals surface area contributed by atoms with Crippen LogP contribution in [0.5, 0.6) is 0 Å². The summed E-state index contributed by atoms with van der Waals surface area (Å²) in [6, 6.07) is 0.443. The molecule has 0 aliphatic carbocycles. The Labute approximate surface area is 86.5 Å². The molecule has 0 aromatic carbocycles. The van der Waals surface area contributed by atoms with Crippen molar-refractivity contribution in [2.24, 2.45) is 0 Å². The summed E-state index contributed by atoms with van der Waals surface area (Å²) in [5.74, 6) is 0.531. The molecule has 3 heteroatoms. The van der Waals surface area contributed by atoms with Crippen LogP contribution in [0, 0.1) is 0 Å². The highest BCUT2D eigenvalue weighted by molar-refractivity contribution is 5.21. The van der Waals surface area contributed by atoms with Gasteiger partial charge in [0.2, 0.25) is 0 Å². The molecule has 0 fully saturated rings. The molecular weight excluding hydrogens is 174 g/mol. The largest absolute Gasteiger partial charge is 0.316 e. The lowest BCUT2D eigenvalue weighted by Gasteiger charge is -2.15. The second kappa shape index (κ2) is 4.60. The first kappa shape index (κ1) is 11.2. The van der Waals surface area contributed by atoms with Crippen molar-refractivity contribution in [1.82, 2.24) is 15.1 Å². The molecule has 0 aliphatic rings. The van der Waals surface area contributed by atoms with Crippen LogP contribution >= 0.6 is 0 Å². The van der Waals surface area contributed by atoms with Crippen molar-refractivity contribution in [1.29, 1.82) is 0 Å². The van der Waals surface area contributed by atoms with Gasteiger partial charge in [0.25, 0.3) is 0 Å². The minimum atomic E-state index is 0.443. The van der Waals surface area contributed by atoms with E-state index in [4.69, 9.17) is 0 Å². The van der Waals surface area contributed by atoms with Gasteiger partial charge in [0.15, 0.2) is 0 Å². The van der Waals surface area contributed by atoms with E-state index in [1.807, 2.05) is 13.2 Å². The average molecular weight is 195 g/mol. The van der Waals surface area contributed by atoms with Crippen LogP contribution in [0.1, 0.15) is 50.9 Å². The summed E-state index contributed by atoms with van der Waals surface area (Å²) in [5.41, 5.74) is 2.67. The predicted molar refractivity (Wildman–Crippen MR) is 59.5 cm³/mol. The van der Waals surface area contributed by atoms with Gasteiger partial charge in [-0.1, -0.05) is 13.8 Å². The average Bonchev–Trinajstić information content (AvgIpc) is 2.48. The van der Waals surface area contributed by atoms with Gasteiger partial charge in [0.05, 0.1) is 6.20 Å². The molecule has 0 radical (unpaired) electrons. The first-order valence-corrected chi connectivity index (χ1v) is 5.28. The summed E-state index contributed by atoms with van der Waals surface area (Å²) in [6.45, 7) is 9.68. The summed E-state index contributed by atoms with van der Waals surface area (Å²) in [6.07, 6.45) is 1.98. The van der Waals surface area contributed by atoms with E-state index < -0.39 is 0 Å². The molecule has 0 saturated heterocycles. The lowest BCUT2D eigenvalue weighted by atomic mass is 10.1. The summed E-state index contributed by atoms with van der Waals surface area (Å²) in [4.78, 5) is 0. The molecule has 0 spiro atoms. The summed E-state index contributed by atoms with van der Waals surface area (Å²) < 4.78 is 2.12. The Morgan fingerprint density at radius 3 is 2.43 bits per heavy atom. The summed E-state index contributed by atoms with van der Waals surface area (Å²) in [7, 11) is 1.97. The highest BCUT2D eigenvalue weighted by Gasteiger charge is 2.14. The molecular formula is C11H21N3. The zero-order chi connectivity index (χ0) is 10.7. The first-order chi connectivity index (χ1) is 6.57. The van der Waals surface area contributed by atoms with Gasteiger partial charge in [-0.2, -0.15) is 5.10 Å². The molecule has 1 N–H and O–H groups in total. The number of aromatic nitrogens is 2. The van der Waals surface area contributed by atoms with Gasteiger partial charge in [-0.25, -0.2) is 0 Å². The fraction of sp³-hybridized carbons (Fsp3) is 0.727. The first-order valence-electron chi connectivity index (χ1n) is 5.28. The normalized spacial score (nSPS) is 11.6. The van der Waals surface area contributed by atoms with Gasteiger partial charge in [-0.3, -0.25) is 4.68 Å². The Morgan fingerprint density at radius 1 is 1.36 bits per heavy atom. The maximum absolute atomic E-state index is 4.43. The van der Waals surface area contributed by atoms with Crippen molar-refractivity contribution in [3.05, 3.63) is 17.5 Å². The molecule has 1 heterocycles. The molecule has 80 valence electrons. The van der Waals surface area contributed by atoms with Gasteiger partial charge >= 0.3 is 0 Å². The highest BCUT2D eigenvalue weighted by Crippen LogP contribution is 2.22. The maximum atomic E-state index is 4.43. The third-order valence-corrected chi connectivity index (χ3v) is 2.32. The lowest BCUT2D eigenvalue weighted by molar-refractivity contribution is 0.495. The van der Waals surface area contributed by atoms with Crippen LogP contribution in [-0.2, 0) is 6.54 Å². The third-order valence-electron chi connectivity index (χ3n) is 2.32. The van der Waals surface area contributed by atoms with Crippen LogP contribution < -0.4 is 5.32 Å². The van der Waals surface area contributed by atoms with Crippen LogP contribution in [0.2, 0.25) is 0 Å². The second-order valence-electron chi connectivity index (χ2n) is 4.28. The van der Waals surface area contributed by atoms with Crippen molar-refractivity contribution < 1.29 is 0 Å². The Balaban J connectivity index is 3.07. The number of hydrogen-bond acceptors (Lipinski definition) is 2. The molecule has 0 aliphatic heterocycles. The van der Waals surface area contributed by atoms with E-state index in [-0.39, 0.29) is 0 Å². The Kier molecular flexibility index (Phi) is 3.69. The Bertz CT molecular complexity index is 287. The highest BCUT2D eigenvalue weighted by atomic mass is 15.3. The molecule has 0 saturated carbocycles. The van der Waals surface area contributed by atoms with Crippen molar-refractivity contribution >= 4 is 0 Å². The molecule has 1 aromatic heterocycles. The van der Waals surface area contributed by atoms with Crippen LogP contribution in [-0.4, -0.2) is 16.8 Å². The topological polar surface area (TPSA) is 29.9 Å². The zero-order valence-electron chi connectivity index (χ0n) is 9.83. The van der Waals surface area contributed by atoms with Crippen molar-refractivity contribution in [2.45, 2.75) is 46.2 Å². The molecule has 1 rings (SSSR count). The van der Waals surface area contributed by atoms with Gasteiger partial charge in [-0.15, -0.1) is 0 Å². The molecule has 0 amide bonds. The molecule has 0 bridgehead atoms. The van der Waals surface area contributed by atoms with E-state index in [0.717, 1.165) is 6.54 Å². The number of rotatable bonds is 4. The molecule has 1 aromatic rings. The van der Waals surface area contributed by atoms with Crippen molar-refractivity contribution in [3.8, 4) is 0 Å². The minimum Gasteiger partial charge on any atom is -0.316 e. The second-order valence-corrected chi connectivity index (χ2v) is 4.28. The zero-order valence-corrected chi connectivity index (χ0v) is 9.83. The van der Waals surface area contributed by atoms with E-state index in [0.29, 0.717) is 12.0 Å². The van der Waals surface area contributed by atoms with Crippen molar-refractivity contribution in [2.75, 3.05) is 7.05 Å². The number of hydrogen-bond donors (Lipinski definition) is 1. The van der Waals surface area contributed by atoms with E-state index in [9.17, 15) is 0 Å². The fourth-order valence-corrected chi connectivity index (χ4v) is 1.78. The van der Waals surface area contributed by atoms with Gasteiger partial charge in [0, 0.05) is 23.8 Å². The summed E-state index contributed by atoms with van der Waals surface area (Å²) in [5, 5.41) is 7.61. The molecule has 0 atom stereocenters. The van der Waals surface area contributed by atoms with Gasteiger partial charge < -0.3 is 5.32 Å². The quantitative estimate of drug-likeness (QED) is 0.799. The van der Waals surface area contributed by atoms with Crippen LogP contribution in [0.15, 0.2) is 6.20 Å². The smallest absolute Gasteiger partial charge is 0.0537 e. The standard InChI is InChI=1S/C11H21N3/c1-8(2)11-10(6-12-5)7-13-14(11)9(3)4/h7-9,12H,6H2,1-5H3. The Morgan fingerprint density at radius 2 is 2.00 bits per heavy atom. The third kappa shape index (κ3) is 2.15. The van der Waals surface area contributed by atoms with E-state index in [1.165, 1.54) is 11.3 Å². The fourth-order valence-electron chi connectivity index (χ4n) is 1.78. The van der Waals surface area contributed by atoms with E-state index in [1.54, 1.807) is 0 Å². The summed E-state index contributed by atoms with van der Waals surface area (Å²) >= 11 is 0. The SMILES string of the molecule is CNCc1cnn(C(C)C)c1C(C)C. The number of nitrogens with zero attached hydrogens (tertiary/aromatic N) is 2. The van der Waals surface area contributed by atoms with E-state index in [2.05, 4.69) is 42.8 Å². The molecule has 0 unspecified atom stereocenters. The van der Waals surface area contributed by atoms with Gasteiger partial charge in [-0.05, 0) is 26.8 Å². The van der Waals surface area contributed by atoms with Crippen molar-refractivity contribution in [3.63, 3.8) is 0 Å². The Hall–Kier alpha value is -0.830. The monoisotopic (exact) mass is 195 g/mol. The van der Waals surface area contributed by atoms with Crippen LogP contribution in [0.3, 0.4) is 0 Å².